The maximum absolute atomic E-state index is 12.9. The summed E-state index contributed by atoms with van der Waals surface area (Å²) >= 11 is 0. The first-order valence-electron chi connectivity index (χ1n) is 6.17. The van der Waals surface area contributed by atoms with Gasteiger partial charge in [-0.1, -0.05) is 6.07 Å². The quantitative estimate of drug-likeness (QED) is 0.355. The molecule has 3 nitrogen and oxygen atoms in total. The minimum absolute atomic E-state index is 0. The molecule has 118 valence electrons. The maximum Gasteiger partial charge on any atom is 0.416 e. The van der Waals surface area contributed by atoms with Crippen LogP contribution in [-0.2, 0) is 12.7 Å². The normalized spacial score (nSPS) is 15.6. The van der Waals surface area contributed by atoms with Crippen LogP contribution in [0.5, 0.6) is 0 Å². The fourth-order valence-electron chi connectivity index (χ4n) is 1.88. The summed E-state index contributed by atoms with van der Waals surface area (Å²) in [6.45, 7) is -0.224. The number of nitrogens with zero attached hydrogens (tertiary/aromatic N) is 2. The van der Waals surface area contributed by atoms with Gasteiger partial charge in [0.25, 0.3) is 0 Å². The van der Waals surface area contributed by atoms with E-state index in [2.05, 4.69) is 4.99 Å². The third kappa shape index (κ3) is 4.72. The van der Waals surface area contributed by atoms with E-state index in [1.165, 1.54) is 0 Å². The zero-order valence-electron chi connectivity index (χ0n) is 11.3. The molecule has 0 unspecified atom stereocenters. The molecule has 0 radical (unpaired) electrons. The van der Waals surface area contributed by atoms with Crippen molar-refractivity contribution < 1.29 is 17.6 Å². The van der Waals surface area contributed by atoms with Crippen LogP contribution in [0.1, 0.15) is 24.0 Å². The molecule has 0 bridgehead atoms. The van der Waals surface area contributed by atoms with Gasteiger partial charge in [0.05, 0.1) is 12.1 Å². The molecule has 0 saturated heterocycles. The van der Waals surface area contributed by atoms with Crippen LogP contribution < -0.4 is 5.73 Å². The molecule has 2 N–H and O–H groups in total. The molecule has 0 spiro atoms. The number of rotatable bonds is 3. The van der Waals surface area contributed by atoms with E-state index in [-0.39, 0.29) is 42.0 Å². The summed E-state index contributed by atoms with van der Waals surface area (Å²) in [5, 5.41) is 0. The smallest absolute Gasteiger partial charge is 0.370 e. The van der Waals surface area contributed by atoms with Gasteiger partial charge < -0.3 is 10.6 Å². The molecule has 0 aromatic heterocycles. The predicted molar refractivity (Wildman–Crippen MR) is 82.9 cm³/mol. The van der Waals surface area contributed by atoms with Gasteiger partial charge in [-0.25, -0.2) is 9.38 Å². The van der Waals surface area contributed by atoms with Crippen LogP contribution in [0, 0.1) is 5.82 Å². The second kappa shape index (κ2) is 6.80. The van der Waals surface area contributed by atoms with Gasteiger partial charge >= 0.3 is 6.18 Å². The lowest BCUT2D eigenvalue weighted by Gasteiger charge is -2.17. The maximum atomic E-state index is 12.9. The molecule has 0 aliphatic heterocycles. The Morgan fingerprint density at radius 2 is 2.00 bits per heavy atom. The fourth-order valence-corrected chi connectivity index (χ4v) is 1.88. The highest BCUT2D eigenvalue weighted by atomic mass is 127. The average molecular weight is 417 g/mol. The van der Waals surface area contributed by atoms with E-state index in [9.17, 15) is 17.6 Å². The largest absolute Gasteiger partial charge is 0.416 e. The molecule has 0 atom stereocenters. The minimum atomic E-state index is -4.61. The first-order chi connectivity index (χ1) is 9.29. The molecule has 21 heavy (non-hydrogen) atoms. The van der Waals surface area contributed by atoms with Gasteiger partial charge in [0.2, 0.25) is 0 Å². The predicted octanol–water partition coefficient (Wildman–Crippen LogP) is 3.37. The van der Waals surface area contributed by atoms with E-state index in [1.54, 1.807) is 11.9 Å². The van der Waals surface area contributed by atoms with Gasteiger partial charge in [-0.15, -0.1) is 24.0 Å². The van der Waals surface area contributed by atoms with E-state index >= 15 is 0 Å². The number of hydrogen-bond donors (Lipinski definition) is 1. The molecule has 0 amide bonds. The first kappa shape index (κ1) is 18.0. The van der Waals surface area contributed by atoms with E-state index in [4.69, 9.17) is 5.73 Å². The molecular weight excluding hydrogens is 401 g/mol. The zero-order chi connectivity index (χ0) is 14.9. The van der Waals surface area contributed by atoms with Gasteiger partial charge in [0.15, 0.2) is 5.96 Å². The lowest BCUT2D eigenvalue weighted by molar-refractivity contribution is -0.138. The van der Waals surface area contributed by atoms with Crippen molar-refractivity contribution in [1.29, 1.82) is 0 Å². The monoisotopic (exact) mass is 417 g/mol. The topological polar surface area (TPSA) is 41.6 Å². The molecule has 1 aromatic rings. The first-order valence-corrected chi connectivity index (χ1v) is 6.17. The number of hydrogen-bond acceptors (Lipinski definition) is 1. The summed E-state index contributed by atoms with van der Waals surface area (Å²) in [5.41, 5.74) is 4.61. The Morgan fingerprint density at radius 1 is 1.38 bits per heavy atom. The van der Waals surface area contributed by atoms with Gasteiger partial charge in [-0.3, -0.25) is 0 Å². The summed E-state index contributed by atoms with van der Waals surface area (Å²) < 4.78 is 51.3. The van der Waals surface area contributed by atoms with Crippen molar-refractivity contribution in [3.05, 3.63) is 35.1 Å². The Kier molecular flexibility index (Phi) is 5.83. The number of benzene rings is 1. The number of alkyl halides is 3. The van der Waals surface area contributed by atoms with Crippen molar-refractivity contribution >= 4 is 29.9 Å². The average Bonchev–Trinajstić information content (AvgIpc) is 3.19. The zero-order valence-corrected chi connectivity index (χ0v) is 13.7. The Bertz CT molecular complexity index is 527. The van der Waals surface area contributed by atoms with Crippen molar-refractivity contribution in [2.45, 2.75) is 31.6 Å². The summed E-state index contributed by atoms with van der Waals surface area (Å²) in [7, 11) is 1.76. The Morgan fingerprint density at radius 3 is 2.52 bits per heavy atom. The van der Waals surface area contributed by atoms with Crippen molar-refractivity contribution in [1.82, 2.24) is 4.90 Å². The number of halogens is 5. The van der Waals surface area contributed by atoms with Crippen LogP contribution in [0.2, 0.25) is 0 Å². The molecule has 8 heteroatoms. The van der Waals surface area contributed by atoms with Crippen LogP contribution in [0.25, 0.3) is 0 Å². The van der Waals surface area contributed by atoms with Crippen molar-refractivity contribution in [2.75, 3.05) is 7.05 Å². The van der Waals surface area contributed by atoms with Crippen LogP contribution in [0.3, 0.4) is 0 Å². The van der Waals surface area contributed by atoms with Crippen molar-refractivity contribution in [3.63, 3.8) is 0 Å². The van der Waals surface area contributed by atoms with Gasteiger partial charge in [-0.05, 0) is 30.5 Å². The van der Waals surface area contributed by atoms with Crippen molar-refractivity contribution in [2.24, 2.45) is 10.7 Å². The highest BCUT2D eigenvalue weighted by Gasteiger charge is 2.33. The summed E-state index contributed by atoms with van der Waals surface area (Å²) in [4.78, 5) is 5.70. The van der Waals surface area contributed by atoms with Gasteiger partial charge in [0, 0.05) is 13.1 Å². The Hall–Kier alpha value is -1.06. The summed E-state index contributed by atoms with van der Waals surface area (Å²) in [6.07, 6.45) is -2.59. The van der Waals surface area contributed by atoms with Crippen LogP contribution in [-0.4, -0.2) is 23.9 Å². The Labute approximate surface area is 137 Å². The molecule has 1 saturated carbocycles. The number of nitrogens with two attached hydrogens (primary N) is 1. The highest BCUT2D eigenvalue weighted by Crippen LogP contribution is 2.33. The third-order valence-corrected chi connectivity index (χ3v) is 3.24. The van der Waals surface area contributed by atoms with Crippen LogP contribution in [0.15, 0.2) is 23.2 Å². The molecule has 1 aliphatic carbocycles. The Balaban J connectivity index is 0.00000220. The fraction of sp³-hybridized carbons (Fsp3) is 0.462. The lowest BCUT2D eigenvalue weighted by Crippen LogP contribution is -2.35. The van der Waals surface area contributed by atoms with E-state index in [1.807, 2.05) is 0 Å². The second-order valence-corrected chi connectivity index (χ2v) is 4.82. The standard InChI is InChI=1S/C13H15F4N3.HI/c1-20(10-4-5-10)12(18)19-7-8-2-3-9(14)6-11(8)13(15,16)17;/h2-3,6,10H,4-5,7H2,1H3,(H2,18,19);1H. The molecule has 1 aliphatic rings. The molecule has 1 fully saturated rings. The lowest BCUT2D eigenvalue weighted by atomic mass is 10.1. The SMILES string of the molecule is CN(C(N)=NCc1ccc(F)cc1C(F)(F)F)C1CC1.I. The molecule has 1 aromatic carbocycles. The minimum Gasteiger partial charge on any atom is -0.370 e. The summed E-state index contributed by atoms with van der Waals surface area (Å²) in [5.74, 6) is -0.724. The van der Waals surface area contributed by atoms with Crippen molar-refractivity contribution in [3.8, 4) is 0 Å². The van der Waals surface area contributed by atoms with E-state index < -0.39 is 17.6 Å². The number of guanidine groups is 1. The molecule has 0 heterocycles. The van der Waals surface area contributed by atoms with Gasteiger partial charge in [0.1, 0.15) is 5.82 Å². The number of aliphatic imine (C=N–C) groups is 1. The van der Waals surface area contributed by atoms with Crippen LogP contribution in [0.4, 0.5) is 17.6 Å². The summed E-state index contributed by atoms with van der Waals surface area (Å²) in [6, 6.07) is 2.88. The third-order valence-electron chi connectivity index (χ3n) is 3.24. The van der Waals surface area contributed by atoms with Gasteiger partial charge in [-0.2, -0.15) is 13.2 Å². The highest BCUT2D eigenvalue weighted by molar-refractivity contribution is 14.0. The van der Waals surface area contributed by atoms with E-state index in [0.29, 0.717) is 12.1 Å². The molecule has 2 rings (SSSR count). The van der Waals surface area contributed by atoms with Crippen LogP contribution >= 0.6 is 24.0 Å². The molecular formula is C13H16F4IN3. The second-order valence-electron chi connectivity index (χ2n) is 4.82. The van der Waals surface area contributed by atoms with E-state index in [0.717, 1.165) is 25.0 Å².